The number of halogens is 1. The van der Waals surface area contributed by atoms with Gasteiger partial charge in [-0.3, -0.25) is 4.79 Å². The first-order valence-corrected chi connectivity index (χ1v) is 7.82. The van der Waals surface area contributed by atoms with Gasteiger partial charge in [0.05, 0.1) is 11.3 Å². The summed E-state index contributed by atoms with van der Waals surface area (Å²) < 4.78 is 0.982. The molecule has 2 rings (SSSR count). The van der Waals surface area contributed by atoms with E-state index in [2.05, 4.69) is 26.6 Å². The van der Waals surface area contributed by atoms with Crippen molar-refractivity contribution in [1.82, 2.24) is 5.32 Å². The minimum atomic E-state index is -0.566. The van der Waals surface area contributed by atoms with Gasteiger partial charge in [-0.05, 0) is 29.8 Å². The van der Waals surface area contributed by atoms with Crippen LogP contribution in [0.15, 0.2) is 64.8 Å². The van der Waals surface area contributed by atoms with E-state index in [1.165, 1.54) is 6.20 Å². The summed E-state index contributed by atoms with van der Waals surface area (Å²) in [7, 11) is 0. The van der Waals surface area contributed by atoms with Gasteiger partial charge in [0.1, 0.15) is 17.7 Å². The first kappa shape index (κ1) is 17.3. The number of carbonyl (C=O) groups excluding carboxylic acids is 1. The molecule has 0 radical (unpaired) electrons. The van der Waals surface area contributed by atoms with Gasteiger partial charge in [-0.1, -0.05) is 40.2 Å². The Bertz CT molecular complexity index is 845. The van der Waals surface area contributed by atoms with Crippen LogP contribution in [-0.2, 0) is 11.3 Å². The van der Waals surface area contributed by atoms with Crippen molar-refractivity contribution in [2.24, 2.45) is 0 Å². The Hall–Kier alpha value is -3.09. The summed E-state index contributed by atoms with van der Waals surface area (Å²) in [5, 5.41) is 23.7. The smallest absolute Gasteiger partial charge is 0.267 e. The number of hydrogen-bond donors (Lipinski definition) is 2. The van der Waals surface area contributed by atoms with E-state index in [1.54, 1.807) is 24.3 Å². The molecule has 6 heteroatoms. The number of nitrogens with zero attached hydrogens (tertiary/aromatic N) is 2. The van der Waals surface area contributed by atoms with Crippen LogP contribution in [0.2, 0.25) is 0 Å². The number of nitriles is 2. The van der Waals surface area contributed by atoms with E-state index in [4.69, 9.17) is 10.5 Å². The van der Waals surface area contributed by atoms with Crippen molar-refractivity contribution in [2.45, 2.75) is 6.54 Å². The monoisotopic (exact) mass is 380 g/mol. The molecule has 118 valence electrons. The molecule has 0 unspecified atom stereocenters. The van der Waals surface area contributed by atoms with Gasteiger partial charge in [0.25, 0.3) is 5.91 Å². The maximum atomic E-state index is 12.1. The van der Waals surface area contributed by atoms with Crippen LogP contribution >= 0.6 is 15.9 Å². The molecule has 0 heterocycles. The molecule has 1 amide bonds. The molecular formula is C18H13BrN4O. The molecule has 0 bridgehead atoms. The zero-order chi connectivity index (χ0) is 17.4. The molecular weight excluding hydrogens is 368 g/mol. The summed E-state index contributed by atoms with van der Waals surface area (Å²) in [5.74, 6) is -0.566. The summed E-state index contributed by atoms with van der Waals surface area (Å²) in [4.78, 5) is 12.1. The molecule has 0 aliphatic rings. The lowest BCUT2D eigenvalue weighted by atomic mass is 10.2. The van der Waals surface area contributed by atoms with Crippen molar-refractivity contribution in [3.8, 4) is 12.1 Å². The van der Waals surface area contributed by atoms with Crippen LogP contribution in [-0.4, -0.2) is 5.91 Å². The van der Waals surface area contributed by atoms with Gasteiger partial charge < -0.3 is 10.6 Å². The number of carbonyl (C=O) groups is 1. The van der Waals surface area contributed by atoms with Gasteiger partial charge in [-0.25, -0.2) is 0 Å². The van der Waals surface area contributed by atoms with E-state index in [0.717, 1.165) is 10.0 Å². The predicted octanol–water partition coefficient (Wildman–Crippen LogP) is 3.46. The number of benzene rings is 2. The van der Waals surface area contributed by atoms with Gasteiger partial charge in [0.2, 0.25) is 0 Å². The number of para-hydroxylation sites is 1. The average molecular weight is 381 g/mol. The molecule has 24 heavy (non-hydrogen) atoms. The Balaban J connectivity index is 2.02. The molecule has 0 fully saturated rings. The van der Waals surface area contributed by atoms with Crippen molar-refractivity contribution in [3.63, 3.8) is 0 Å². The Morgan fingerprint density at radius 1 is 1.12 bits per heavy atom. The van der Waals surface area contributed by atoms with Crippen LogP contribution in [0.1, 0.15) is 11.1 Å². The molecule has 5 nitrogen and oxygen atoms in total. The first-order chi connectivity index (χ1) is 11.6. The van der Waals surface area contributed by atoms with Gasteiger partial charge in [-0.2, -0.15) is 10.5 Å². The second-order valence-corrected chi connectivity index (χ2v) is 5.70. The molecule has 2 aromatic carbocycles. The van der Waals surface area contributed by atoms with Crippen LogP contribution in [0, 0.1) is 22.7 Å². The second kappa shape index (κ2) is 8.52. The third-order valence-electron chi connectivity index (χ3n) is 3.13. The zero-order valence-corrected chi connectivity index (χ0v) is 14.2. The number of nitrogens with one attached hydrogen (secondary N) is 2. The molecule has 0 atom stereocenters. The van der Waals surface area contributed by atoms with Crippen LogP contribution in [0.5, 0.6) is 0 Å². The average Bonchev–Trinajstić information content (AvgIpc) is 2.60. The van der Waals surface area contributed by atoms with Crippen LogP contribution < -0.4 is 10.6 Å². The Morgan fingerprint density at radius 2 is 1.83 bits per heavy atom. The molecule has 0 saturated carbocycles. The van der Waals surface area contributed by atoms with Gasteiger partial charge >= 0.3 is 0 Å². The minimum Gasteiger partial charge on any atom is -0.386 e. The van der Waals surface area contributed by atoms with E-state index in [-0.39, 0.29) is 5.57 Å². The number of rotatable bonds is 5. The third kappa shape index (κ3) is 4.70. The fraction of sp³-hybridized carbons (Fsp3) is 0.0556. The van der Waals surface area contributed by atoms with Gasteiger partial charge in [0, 0.05) is 17.2 Å². The van der Waals surface area contributed by atoms with Crippen molar-refractivity contribution < 1.29 is 4.79 Å². The lowest BCUT2D eigenvalue weighted by Crippen LogP contribution is -2.17. The van der Waals surface area contributed by atoms with E-state index in [1.807, 2.05) is 36.4 Å². The quantitative estimate of drug-likeness (QED) is 0.613. The van der Waals surface area contributed by atoms with Crippen molar-refractivity contribution >= 4 is 27.5 Å². The summed E-state index contributed by atoms with van der Waals surface area (Å²) in [5.41, 5.74) is 1.66. The highest BCUT2D eigenvalue weighted by Gasteiger charge is 2.11. The van der Waals surface area contributed by atoms with Crippen molar-refractivity contribution in [2.75, 3.05) is 5.32 Å². The molecule has 2 N–H and O–H groups in total. The van der Waals surface area contributed by atoms with E-state index >= 15 is 0 Å². The summed E-state index contributed by atoms with van der Waals surface area (Å²) in [6.45, 7) is 0.487. The highest BCUT2D eigenvalue weighted by Crippen LogP contribution is 2.14. The maximum Gasteiger partial charge on any atom is 0.267 e. The summed E-state index contributed by atoms with van der Waals surface area (Å²) in [6.07, 6.45) is 1.37. The number of hydrogen-bond acceptors (Lipinski definition) is 4. The SMILES string of the molecule is N#C/C(=C/NCc1ccc(Br)cc1)C(=O)Nc1ccccc1C#N. The van der Waals surface area contributed by atoms with E-state index in [0.29, 0.717) is 17.8 Å². The van der Waals surface area contributed by atoms with Crippen LogP contribution in [0.25, 0.3) is 0 Å². The second-order valence-electron chi connectivity index (χ2n) is 4.79. The fourth-order valence-corrected chi connectivity index (χ4v) is 2.17. The summed E-state index contributed by atoms with van der Waals surface area (Å²) >= 11 is 3.36. The Labute approximate surface area is 148 Å². The zero-order valence-electron chi connectivity index (χ0n) is 12.6. The lowest BCUT2D eigenvalue weighted by molar-refractivity contribution is -0.112. The maximum absolute atomic E-state index is 12.1. The molecule has 0 saturated heterocycles. The van der Waals surface area contributed by atoms with Gasteiger partial charge in [-0.15, -0.1) is 0 Å². The van der Waals surface area contributed by atoms with Gasteiger partial charge in [0.15, 0.2) is 0 Å². The molecule has 0 aromatic heterocycles. The Kier molecular flexibility index (Phi) is 6.13. The Morgan fingerprint density at radius 3 is 2.50 bits per heavy atom. The van der Waals surface area contributed by atoms with Crippen molar-refractivity contribution in [3.05, 3.63) is 75.9 Å². The minimum absolute atomic E-state index is 0.0696. The predicted molar refractivity (Wildman–Crippen MR) is 94.5 cm³/mol. The van der Waals surface area contributed by atoms with E-state index in [9.17, 15) is 4.79 Å². The molecule has 0 aliphatic heterocycles. The lowest BCUT2D eigenvalue weighted by Gasteiger charge is -2.06. The largest absolute Gasteiger partial charge is 0.386 e. The standard InChI is InChI=1S/C18H13BrN4O/c19-16-7-5-13(6-8-16)11-22-12-15(10-21)18(24)23-17-4-2-1-3-14(17)9-20/h1-8,12,22H,11H2,(H,23,24)/b15-12-. The highest BCUT2D eigenvalue weighted by molar-refractivity contribution is 9.10. The van der Waals surface area contributed by atoms with Crippen LogP contribution in [0.3, 0.4) is 0 Å². The molecule has 0 aliphatic carbocycles. The topological polar surface area (TPSA) is 88.7 Å². The molecule has 2 aromatic rings. The third-order valence-corrected chi connectivity index (χ3v) is 3.66. The molecule has 0 spiro atoms. The van der Waals surface area contributed by atoms with Crippen molar-refractivity contribution in [1.29, 1.82) is 10.5 Å². The number of anilines is 1. The van der Waals surface area contributed by atoms with E-state index < -0.39 is 5.91 Å². The fourth-order valence-electron chi connectivity index (χ4n) is 1.90. The summed E-state index contributed by atoms with van der Waals surface area (Å²) in [6, 6.07) is 18.1. The normalized spacial score (nSPS) is 10.4. The highest BCUT2D eigenvalue weighted by atomic mass is 79.9. The number of amides is 1. The van der Waals surface area contributed by atoms with Crippen LogP contribution in [0.4, 0.5) is 5.69 Å². The first-order valence-electron chi connectivity index (χ1n) is 7.02.